The van der Waals surface area contributed by atoms with Gasteiger partial charge in [0, 0.05) is 38.8 Å². The maximum Gasteiger partial charge on any atom is 0.231 e. The van der Waals surface area contributed by atoms with Crippen LogP contribution in [0.4, 0.5) is 0 Å². The number of benzene rings is 2. The minimum atomic E-state index is -0.408. The van der Waals surface area contributed by atoms with Crippen LogP contribution in [0.1, 0.15) is 32.3 Å². The first-order valence-corrected chi connectivity index (χ1v) is 12.0. The summed E-state index contributed by atoms with van der Waals surface area (Å²) in [5.74, 6) is 2.64. The topological polar surface area (TPSA) is 58.0 Å². The summed E-state index contributed by atoms with van der Waals surface area (Å²) in [6.07, 6.45) is 1.93. The van der Waals surface area contributed by atoms with E-state index in [1.165, 1.54) is 0 Å². The third-order valence-corrected chi connectivity index (χ3v) is 7.00. The number of ether oxygens (including phenoxy) is 3. The summed E-state index contributed by atoms with van der Waals surface area (Å²) in [6, 6.07) is 18.7. The molecule has 1 fully saturated rings. The van der Waals surface area contributed by atoms with Crippen LogP contribution < -0.4 is 14.2 Å². The van der Waals surface area contributed by atoms with Gasteiger partial charge in [0.2, 0.25) is 6.79 Å². The second-order valence-electron chi connectivity index (χ2n) is 9.25. The van der Waals surface area contributed by atoms with Gasteiger partial charge in [0.15, 0.2) is 11.5 Å². The molecular weight excluding hydrogens is 414 g/mol. The quantitative estimate of drug-likeness (QED) is 0.539. The van der Waals surface area contributed by atoms with Gasteiger partial charge in [-0.25, -0.2) is 0 Å². The molecule has 0 radical (unpaired) electrons. The molecule has 0 amide bonds. The molecule has 0 bridgehead atoms. The van der Waals surface area contributed by atoms with Crippen molar-refractivity contribution < 1.29 is 14.2 Å². The summed E-state index contributed by atoms with van der Waals surface area (Å²) < 4.78 is 16.7. The minimum Gasteiger partial charge on any atom is -0.492 e. The van der Waals surface area contributed by atoms with Gasteiger partial charge in [-0.2, -0.15) is 5.26 Å². The van der Waals surface area contributed by atoms with Gasteiger partial charge in [0.05, 0.1) is 11.5 Å². The molecule has 0 spiro atoms. The molecule has 2 aromatic rings. The smallest absolute Gasteiger partial charge is 0.231 e. The zero-order chi connectivity index (χ0) is 23.1. The van der Waals surface area contributed by atoms with Crippen molar-refractivity contribution in [3.63, 3.8) is 0 Å². The van der Waals surface area contributed by atoms with Gasteiger partial charge in [-0.05, 0) is 43.0 Å². The molecule has 1 unspecified atom stereocenters. The Morgan fingerprint density at radius 2 is 1.67 bits per heavy atom. The average Bonchev–Trinajstić information content (AvgIpc) is 3.31. The Morgan fingerprint density at radius 1 is 0.970 bits per heavy atom. The van der Waals surface area contributed by atoms with E-state index in [9.17, 15) is 5.26 Å². The fourth-order valence-corrected chi connectivity index (χ4v) is 4.83. The van der Waals surface area contributed by atoms with Crippen molar-refractivity contribution in [2.45, 2.75) is 32.1 Å². The van der Waals surface area contributed by atoms with Crippen LogP contribution in [0.2, 0.25) is 0 Å². The summed E-state index contributed by atoms with van der Waals surface area (Å²) in [5.41, 5.74) is 0.740. The number of piperazine rings is 1. The van der Waals surface area contributed by atoms with Crippen molar-refractivity contribution >= 4 is 0 Å². The molecule has 2 heterocycles. The predicted octanol–water partition coefficient (Wildman–Crippen LogP) is 4.31. The van der Waals surface area contributed by atoms with Crippen molar-refractivity contribution in [1.82, 2.24) is 9.80 Å². The number of nitriles is 1. The Labute approximate surface area is 197 Å². The molecule has 0 aromatic heterocycles. The highest BCUT2D eigenvalue weighted by Gasteiger charge is 2.35. The van der Waals surface area contributed by atoms with Crippen LogP contribution in [0, 0.1) is 17.2 Å². The maximum absolute atomic E-state index is 10.1. The molecule has 6 nitrogen and oxygen atoms in total. The predicted molar refractivity (Wildman–Crippen MR) is 129 cm³/mol. The van der Waals surface area contributed by atoms with Crippen LogP contribution in [-0.2, 0) is 5.41 Å². The van der Waals surface area contributed by atoms with E-state index in [0.29, 0.717) is 6.61 Å². The number of hydrogen-bond acceptors (Lipinski definition) is 6. The van der Waals surface area contributed by atoms with Crippen LogP contribution in [0.5, 0.6) is 17.2 Å². The molecule has 2 aliphatic heterocycles. The van der Waals surface area contributed by atoms with Gasteiger partial charge in [0.1, 0.15) is 12.4 Å². The Bertz CT molecular complexity index is 935. The molecule has 0 saturated carbocycles. The molecule has 1 atom stereocenters. The Hall–Kier alpha value is -2.75. The SMILES string of the molecule is CC(C)C(C#N)(CCCN1CCN(CCOc2ccc3c(c2)OCO3)CC1)c1ccccc1. The Kier molecular flexibility index (Phi) is 7.74. The standard InChI is InChI=1S/C27H35N3O3/c1-22(2)27(20-28,23-7-4-3-5-8-23)11-6-12-29-13-15-30(16-14-29)17-18-31-24-9-10-25-26(19-24)33-21-32-25/h3-5,7-10,19,22H,6,11-18,21H2,1-2H3. The summed E-state index contributed by atoms with van der Waals surface area (Å²) in [7, 11) is 0. The van der Waals surface area contributed by atoms with Crippen molar-refractivity contribution in [1.29, 1.82) is 5.26 Å². The summed E-state index contributed by atoms with van der Waals surface area (Å²) >= 11 is 0. The van der Waals surface area contributed by atoms with E-state index in [2.05, 4.69) is 41.8 Å². The maximum atomic E-state index is 10.1. The molecule has 4 rings (SSSR count). The Morgan fingerprint density at radius 3 is 2.36 bits per heavy atom. The van der Waals surface area contributed by atoms with Crippen molar-refractivity contribution in [3.8, 4) is 23.3 Å². The lowest BCUT2D eigenvalue weighted by Gasteiger charge is -2.36. The fraction of sp³-hybridized carbons (Fsp3) is 0.519. The number of hydrogen-bond donors (Lipinski definition) is 0. The van der Waals surface area contributed by atoms with Crippen molar-refractivity contribution in [3.05, 3.63) is 54.1 Å². The van der Waals surface area contributed by atoms with Gasteiger partial charge >= 0.3 is 0 Å². The summed E-state index contributed by atoms with van der Waals surface area (Å²) in [5, 5.41) is 10.1. The lowest BCUT2D eigenvalue weighted by atomic mass is 9.70. The highest BCUT2D eigenvalue weighted by molar-refractivity contribution is 5.46. The largest absolute Gasteiger partial charge is 0.492 e. The van der Waals surface area contributed by atoms with Gasteiger partial charge in [-0.15, -0.1) is 0 Å². The molecule has 33 heavy (non-hydrogen) atoms. The van der Waals surface area contributed by atoms with Gasteiger partial charge in [0.25, 0.3) is 0 Å². The highest BCUT2D eigenvalue weighted by atomic mass is 16.7. The van der Waals surface area contributed by atoms with Gasteiger partial charge in [-0.1, -0.05) is 44.2 Å². The number of rotatable bonds is 10. The average molecular weight is 450 g/mol. The first-order chi connectivity index (χ1) is 16.1. The second-order valence-corrected chi connectivity index (χ2v) is 9.25. The summed E-state index contributed by atoms with van der Waals surface area (Å²) in [4.78, 5) is 4.99. The Balaban J connectivity index is 1.18. The molecule has 2 aromatic carbocycles. The second kappa shape index (κ2) is 10.9. The van der Waals surface area contributed by atoms with Crippen molar-refractivity contribution in [2.75, 3.05) is 52.7 Å². The molecule has 1 saturated heterocycles. The highest BCUT2D eigenvalue weighted by Crippen LogP contribution is 2.37. The van der Waals surface area contributed by atoms with E-state index in [-0.39, 0.29) is 12.7 Å². The van der Waals surface area contributed by atoms with E-state index >= 15 is 0 Å². The van der Waals surface area contributed by atoms with E-state index < -0.39 is 5.41 Å². The zero-order valence-electron chi connectivity index (χ0n) is 19.8. The molecule has 0 aliphatic carbocycles. The number of nitrogens with zero attached hydrogens (tertiary/aromatic N) is 3. The van der Waals surface area contributed by atoms with E-state index in [1.54, 1.807) is 0 Å². The van der Waals surface area contributed by atoms with E-state index in [4.69, 9.17) is 14.2 Å². The fourth-order valence-electron chi connectivity index (χ4n) is 4.83. The summed E-state index contributed by atoms with van der Waals surface area (Å²) in [6.45, 7) is 11.5. The number of fused-ring (bicyclic) bond motifs is 1. The first kappa shape index (κ1) is 23.4. The van der Waals surface area contributed by atoms with Gasteiger partial charge in [-0.3, -0.25) is 4.90 Å². The van der Waals surface area contributed by atoms with Crippen LogP contribution in [0.25, 0.3) is 0 Å². The molecule has 0 N–H and O–H groups in total. The van der Waals surface area contributed by atoms with E-state index in [1.807, 2.05) is 36.4 Å². The molecular formula is C27H35N3O3. The monoisotopic (exact) mass is 449 g/mol. The molecule has 2 aliphatic rings. The van der Waals surface area contributed by atoms with E-state index in [0.717, 1.165) is 74.9 Å². The lowest BCUT2D eigenvalue weighted by Crippen LogP contribution is -2.47. The third-order valence-electron chi connectivity index (χ3n) is 7.00. The third kappa shape index (κ3) is 5.61. The van der Waals surface area contributed by atoms with Crippen LogP contribution in [0.15, 0.2) is 48.5 Å². The van der Waals surface area contributed by atoms with Crippen LogP contribution in [0.3, 0.4) is 0 Å². The normalized spacial score (nSPS) is 18.1. The minimum absolute atomic E-state index is 0.282. The van der Waals surface area contributed by atoms with Crippen molar-refractivity contribution in [2.24, 2.45) is 5.92 Å². The molecule has 6 heteroatoms. The van der Waals surface area contributed by atoms with Crippen LogP contribution in [-0.4, -0.2) is 62.5 Å². The first-order valence-electron chi connectivity index (χ1n) is 12.0. The lowest BCUT2D eigenvalue weighted by molar-refractivity contribution is 0.114. The van der Waals surface area contributed by atoms with Crippen LogP contribution >= 0.6 is 0 Å². The van der Waals surface area contributed by atoms with Gasteiger partial charge < -0.3 is 19.1 Å². The molecule has 176 valence electrons. The zero-order valence-corrected chi connectivity index (χ0v) is 19.8.